The van der Waals surface area contributed by atoms with Crippen LogP contribution >= 0.6 is 0 Å². The Balaban J connectivity index is 1.78. The van der Waals surface area contributed by atoms with E-state index >= 15 is 0 Å². The Labute approximate surface area is 126 Å². The number of nitrogens with zero attached hydrogens (tertiary/aromatic N) is 3. The molecule has 0 unspecified atom stereocenters. The van der Waals surface area contributed by atoms with Crippen LogP contribution in [0.1, 0.15) is 19.3 Å². The van der Waals surface area contributed by atoms with Gasteiger partial charge in [-0.15, -0.1) is 0 Å². The summed E-state index contributed by atoms with van der Waals surface area (Å²) in [5.74, 6) is 0.167. The zero-order valence-corrected chi connectivity index (χ0v) is 12.3. The fourth-order valence-corrected chi connectivity index (χ4v) is 2.47. The molecule has 9 heteroatoms. The van der Waals surface area contributed by atoms with Gasteiger partial charge in [0.05, 0.1) is 13.4 Å². The van der Waals surface area contributed by atoms with Crippen molar-refractivity contribution in [1.29, 1.82) is 0 Å². The highest BCUT2D eigenvalue weighted by molar-refractivity contribution is 5.89. The predicted octanol–water partition coefficient (Wildman–Crippen LogP) is 2.05. The monoisotopic (exact) mass is 320 g/mol. The number of anilines is 1. The van der Waals surface area contributed by atoms with Gasteiger partial charge < -0.3 is 14.7 Å². The lowest BCUT2D eigenvalue weighted by molar-refractivity contribution is -0.149. The summed E-state index contributed by atoms with van der Waals surface area (Å²) in [6, 6.07) is 0. The van der Waals surface area contributed by atoms with Gasteiger partial charge in [0.25, 0.3) is 0 Å². The Morgan fingerprint density at radius 1 is 1.45 bits per heavy atom. The highest BCUT2D eigenvalue weighted by Crippen LogP contribution is 2.21. The molecule has 1 amide bonds. The average molecular weight is 320 g/mol. The van der Waals surface area contributed by atoms with Crippen LogP contribution in [-0.2, 0) is 16.2 Å². The molecule has 2 heterocycles. The van der Waals surface area contributed by atoms with Gasteiger partial charge in [-0.25, -0.2) is 4.98 Å². The van der Waals surface area contributed by atoms with Crippen LogP contribution in [0.2, 0.25) is 0 Å². The SMILES string of the molecule is CON1CCC(CC(=O)Nc2cn(CC(F)(F)F)cn2)CC1. The zero-order chi connectivity index (χ0) is 16.2. The lowest BCUT2D eigenvalue weighted by Gasteiger charge is -2.29. The van der Waals surface area contributed by atoms with E-state index in [-0.39, 0.29) is 17.6 Å². The van der Waals surface area contributed by atoms with Crippen molar-refractivity contribution in [3.63, 3.8) is 0 Å². The second-order valence-corrected chi connectivity index (χ2v) is 5.35. The van der Waals surface area contributed by atoms with E-state index in [9.17, 15) is 18.0 Å². The number of hydrogen-bond donors (Lipinski definition) is 1. The topological polar surface area (TPSA) is 59.4 Å². The van der Waals surface area contributed by atoms with E-state index in [0.29, 0.717) is 6.42 Å². The number of imidazole rings is 1. The second kappa shape index (κ2) is 7.10. The molecular weight excluding hydrogens is 301 g/mol. The second-order valence-electron chi connectivity index (χ2n) is 5.35. The van der Waals surface area contributed by atoms with Crippen molar-refractivity contribution >= 4 is 11.7 Å². The normalized spacial score (nSPS) is 17.6. The first kappa shape index (κ1) is 16.8. The summed E-state index contributed by atoms with van der Waals surface area (Å²) in [5.41, 5.74) is 0. The smallest absolute Gasteiger partial charge is 0.326 e. The Morgan fingerprint density at radius 2 is 2.14 bits per heavy atom. The molecule has 124 valence electrons. The Bertz CT molecular complexity index is 496. The van der Waals surface area contributed by atoms with Crippen LogP contribution in [0.25, 0.3) is 0 Å². The van der Waals surface area contributed by atoms with Gasteiger partial charge in [-0.3, -0.25) is 4.79 Å². The maximum Gasteiger partial charge on any atom is 0.406 e. The van der Waals surface area contributed by atoms with Crippen molar-refractivity contribution in [2.24, 2.45) is 5.92 Å². The largest absolute Gasteiger partial charge is 0.406 e. The first-order valence-electron chi connectivity index (χ1n) is 7.03. The molecule has 1 aromatic rings. The number of hydrogen-bond acceptors (Lipinski definition) is 4. The highest BCUT2D eigenvalue weighted by atomic mass is 19.4. The van der Waals surface area contributed by atoms with Gasteiger partial charge in [0.2, 0.25) is 5.91 Å². The first-order valence-corrected chi connectivity index (χ1v) is 7.03. The molecule has 22 heavy (non-hydrogen) atoms. The van der Waals surface area contributed by atoms with Crippen molar-refractivity contribution in [2.75, 3.05) is 25.5 Å². The number of carbonyl (C=O) groups is 1. The van der Waals surface area contributed by atoms with E-state index in [2.05, 4.69) is 10.3 Å². The molecule has 1 N–H and O–H groups in total. The molecule has 1 aromatic heterocycles. The zero-order valence-electron chi connectivity index (χ0n) is 12.3. The molecule has 0 saturated carbocycles. The molecule has 1 fully saturated rings. The summed E-state index contributed by atoms with van der Waals surface area (Å²) in [5, 5.41) is 4.38. The van der Waals surface area contributed by atoms with E-state index in [0.717, 1.165) is 36.8 Å². The van der Waals surface area contributed by atoms with Crippen LogP contribution in [0.15, 0.2) is 12.5 Å². The standard InChI is InChI=1S/C13H19F3N4O2/c1-22-20-4-2-10(3-5-20)6-12(21)18-11-7-19(9-17-11)8-13(14,15)16/h7,9-10H,2-6,8H2,1H3,(H,18,21). The summed E-state index contributed by atoms with van der Waals surface area (Å²) in [7, 11) is 1.62. The predicted molar refractivity (Wildman–Crippen MR) is 72.8 cm³/mol. The average Bonchev–Trinajstić information content (AvgIpc) is 2.84. The molecular formula is C13H19F3N4O2. The quantitative estimate of drug-likeness (QED) is 0.902. The van der Waals surface area contributed by atoms with Gasteiger partial charge in [-0.1, -0.05) is 0 Å². The van der Waals surface area contributed by atoms with E-state index in [1.807, 2.05) is 5.06 Å². The third-order valence-corrected chi connectivity index (χ3v) is 3.57. The number of amides is 1. The maximum absolute atomic E-state index is 12.2. The summed E-state index contributed by atoms with van der Waals surface area (Å²) >= 11 is 0. The van der Waals surface area contributed by atoms with E-state index in [1.54, 1.807) is 7.11 Å². The number of aromatic nitrogens is 2. The number of halogens is 3. The van der Waals surface area contributed by atoms with E-state index < -0.39 is 12.7 Å². The molecule has 6 nitrogen and oxygen atoms in total. The molecule has 0 aliphatic carbocycles. The fraction of sp³-hybridized carbons (Fsp3) is 0.692. The Kier molecular flexibility index (Phi) is 5.41. The van der Waals surface area contributed by atoms with E-state index in [4.69, 9.17) is 4.84 Å². The number of nitrogens with one attached hydrogen (secondary N) is 1. The van der Waals surface area contributed by atoms with Gasteiger partial charge in [0.15, 0.2) is 5.82 Å². The number of hydroxylamine groups is 2. The van der Waals surface area contributed by atoms with Crippen molar-refractivity contribution < 1.29 is 22.8 Å². The van der Waals surface area contributed by atoms with Crippen LogP contribution in [0.4, 0.5) is 19.0 Å². The summed E-state index contributed by atoms with van der Waals surface area (Å²) in [6.45, 7) is 0.425. The molecule has 0 atom stereocenters. The van der Waals surface area contributed by atoms with Gasteiger partial charge >= 0.3 is 6.18 Å². The first-order chi connectivity index (χ1) is 10.4. The maximum atomic E-state index is 12.2. The molecule has 1 aliphatic rings. The molecule has 1 aliphatic heterocycles. The van der Waals surface area contributed by atoms with Crippen molar-refractivity contribution in [3.8, 4) is 0 Å². The summed E-state index contributed by atoms with van der Waals surface area (Å²) in [6.07, 6.45) is -0.0341. The van der Waals surface area contributed by atoms with Crippen molar-refractivity contribution in [3.05, 3.63) is 12.5 Å². The molecule has 0 aromatic carbocycles. The third kappa shape index (κ3) is 5.30. The minimum atomic E-state index is -4.31. The molecule has 1 saturated heterocycles. The van der Waals surface area contributed by atoms with Crippen LogP contribution < -0.4 is 5.32 Å². The number of rotatable bonds is 5. The summed E-state index contributed by atoms with van der Waals surface area (Å²) < 4.78 is 37.6. The Morgan fingerprint density at radius 3 is 2.73 bits per heavy atom. The Hall–Kier alpha value is -1.61. The van der Waals surface area contributed by atoms with Crippen LogP contribution in [0.5, 0.6) is 0 Å². The molecule has 2 rings (SSSR count). The molecule has 0 radical (unpaired) electrons. The van der Waals surface area contributed by atoms with Gasteiger partial charge in [-0.05, 0) is 18.8 Å². The minimum Gasteiger partial charge on any atom is -0.326 e. The number of alkyl halides is 3. The molecule has 0 bridgehead atoms. The van der Waals surface area contributed by atoms with Crippen LogP contribution in [-0.4, -0.2) is 46.9 Å². The van der Waals surface area contributed by atoms with Gasteiger partial charge in [-0.2, -0.15) is 18.2 Å². The third-order valence-electron chi connectivity index (χ3n) is 3.57. The van der Waals surface area contributed by atoms with Crippen molar-refractivity contribution in [2.45, 2.75) is 32.0 Å². The lowest BCUT2D eigenvalue weighted by Crippen LogP contribution is -2.34. The fourth-order valence-electron chi connectivity index (χ4n) is 2.47. The van der Waals surface area contributed by atoms with E-state index in [1.165, 1.54) is 6.20 Å². The number of piperidine rings is 1. The van der Waals surface area contributed by atoms with Crippen LogP contribution in [0, 0.1) is 5.92 Å². The highest BCUT2D eigenvalue weighted by Gasteiger charge is 2.28. The minimum absolute atomic E-state index is 0.142. The lowest BCUT2D eigenvalue weighted by atomic mass is 9.94. The van der Waals surface area contributed by atoms with Crippen molar-refractivity contribution in [1.82, 2.24) is 14.6 Å². The summed E-state index contributed by atoms with van der Waals surface area (Å²) in [4.78, 5) is 20.8. The van der Waals surface area contributed by atoms with Gasteiger partial charge in [0.1, 0.15) is 6.54 Å². The van der Waals surface area contributed by atoms with Gasteiger partial charge in [0, 0.05) is 25.7 Å². The van der Waals surface area contributed by atoms with Crippen LogP contribution in [0.3, 0.4) is 0 Å². The molecule has 0 spiro atoms. The number of carbonyl (C=O) groups excluding carboxylic acids is 1.